The summed E-state index contributed by atoms with van der Waals surface area (Å²) in [6.45, 7) is 3.26. The number of ether oxygens (including phenoxy) is 1. The number of piperidine rings is 1. The van der Waals surface area contributed by atoms with Crippen LogP contribution in [0.3, 0.4) is 0 Å². The molecular weight excluding hydrogens is 286 g/mol. The summed E-state index contributed by atoms with van der Waals surface area (Å²) in [6, 6.07) is 1.72. The molecular formula is C15H21N3O4. The molecule has 1 N–H and O–H groups in total. The smallest absolute Gasteiger partial charge is 0.331 e. The first kappa shape index (κ1) is 15.0. The number of carbonyl (C=O) groups is 2. The SMILES string of the molecule is CC1(C(=O)N2CCC(C(=O)O)(n3cccn3)CC2)CCCO1. The molecule has 0 aliphatic carbocycles. The summed E-state index contributed by atoms with van der Waals surface area (Å²) < 4.78 is 7.11. The molecule has 0 aromatic carbocycles. The Kier molecular flexibility index (Phi) is 3.68. The van der Waals surface area contributed by atoms with Crippen molar-refractivity contribution in [3.63, 3.8) is 0 Å². The van der Waals surface area contributed by atoms with Gasteiger partial charge in [-0.15, -0.1) is 0 Å². The Labute approximate surface area is 128 Å². The molecule has 0 spiro atoms. The molecule has 2 saturated heterocycles. The van der Waals surface area contributed by atoms with Crippen LogP contribution in [0, 0.1) is 0 Å². The average molecular weight is 307 g/mol. The second-order valence-electron chi connectivity index (χ2n) is 6.26. The first-order valence-electron chi connectivity index (χ1n) is 7.65. The van der Waals surface area contributed by atoms with E-state index in [-0.39, 0.29) is 5.91 Å². The van der Waals surface area contributed by atoms with Gasteiger partial charge in [0.1, 0.15) is 5.60 Å². The van der Waals surface area contributed by atoms with E-state index in [1.807, 2.05) is 6.92 Å². The maximum atomic E-state index is 12.6. The van der Waals surface area contributed by atoms with Crippen molar-refractivity contribution in [1.29, 1.82) is 0 Å². The van der Waals surface area contributed by atoms with Gasteiger partial charge in [-0.2, -0.15) is 5.10 Å². The van der Waals surface area contributed by atoms with Crippen LogP contribution < -0.4 is 0 Å². The predicted molar refractivity (Wildman–Crippen MR) is 77.2 cm³/mol. The number of aromatic nitrogens is 2. The molecule has 0 saturated carbocycles. The van der Waals surface area contributed by atoms with Gasteiger partial charge in [0.15, 0.2) is 5.54 Å². The van der Waals surface area contributed by atoms with E-state index in [2.05, 4.69) is 5.10 Å². The van der Waals surface area contributed by atoms with E-state index in [0.29, 0.717) is 32.5 Å². The van der Waals surface area contributed by atoms with Crippen LogP contribution in [0.1, 0.15) is 32.6 Å². The van der Waals surface area contributed by atoms with E-state index in [9.17, 15) is 14.7 Å². The third-order valence-electron chi connectivity index (χ3n) is 4.89. The number of amides is 1. The van der Waals surface area contributed by atoms with Crippen LogP contribution in [0.4, 0.5) is 0 Å². The third kappa shape index (κ3) is 2.29. The lowest BCUT2D eigenvalue weighted by Crippen LogP contribution is -2.56. The standard InChI is InChI=1S/C15H21N3O4/c1-14(4-2-11-22-14)12(19)17-9-5-15(6-10-17,13(20)21)18-8-3-7-16-18/h3,7-8H,2,4-6,9-11H2,1H3,(H,20,21). The topological polar surface area (TPSA) is 84.7 Å². The van der Waals surface area contributed by atoms with E-state index in [0.717, 1.165) is 12.8 Å². The Hall–Kier alpha value is -1.89. The van der Waals surface area contributed by atoms with Crippen LogP contribution in [0.2, 0.25) is 0 Å². The zero-order chi connectivity index (χ0) is 15.8. The van der Waals surface area contributed by atoms with Gasteiger partial charge in [0.25, 0.3) is 5.91 Å². The molecule has 120 valence electrons. The van der Waals surface area contributed by atoms with Crippen LogP contribution in [0.15, 0.2) is 18.5 Å². The number of aliphatic carboxylic acids is 1. The average Bonchev–Trinajstić information content (AvgIpc) is 3.18. The number of carboxylic acids is 1. The molecule has 1 aromatic rings. The number of carbonyl (C=O) groups excluding carboxylic acids is 1. The lowest BCUT2D eigenvalue weighted by Gasteiger charge is -2.41. The molecule has 1 atom stereocenters. The van der Waals surface area contributed by atoms with E-state index in [4.69, 9.17) is 4.74 Å². The summed E-state index contributed by atoms with van der Waals surface area (Å²) in [7, 11) is 0. The van der Waals surface area contributed by atoms with Crippen molar-refractivity contribution in [3.8, 4) is 0 Å². The second-order valence-corrected chi connectivity index (χ2v) is 6.26. The van der Waals surface area contributed by atoms with Gasteiger partial charge in [-0.3, -0.25) is 9.48 Å². The van der Waals surface area contributed by atoms with Gasteiger partial charge >= 0.3 is 5.97 Å². The molecule has 2 aliphatic heterocycles. The highest BCUT2D eigenvalue weighted by Gasteiger charge is 2.48. The van der Waals surface area contributed by atoms with Gasteiger partial charge in [-0.05, 0) is 25.8 Å². The van der Waals surface area contributed by atoms with Crippen molar-refractivity contribution in [1.82, 2.24) is 14.7 Å². The first-order chi connectivity index (χ1) is 10.5. The molecule has 2 aliphatic rings. The monoisotopic (exact) mass is 307 g/mol. The molecule has 7 nitrogen and oxygen atoms in total. The maximum Gasteiger partial charge on any atom is 0.331 e. The van der Waals surface area contributed by atoms with E-state index >= 15 is 0 Å². The van der Waals surface area contributed by atoms with Gasteiger partial charge in [0.05, 0.1) is 0 Å². The zero-order valence-electron chi connectivity index (χ0n) is 12.7. The highest BCUT2D eigenvalue weighted by molar-refractivity contribution is 5.85. The summed E-state index contributed by atoms with van der Waals surface area (Å²) >= 11 is 0. The Morgan fingerprint density at radius 1 is 1.27 bits per heavy atom. The van der Waals surface area contributed by atoms with Crippen LogP contribution in [0.25, 0.3) is 0 Å². The quantitative estimate of drug-likeness (QED) is 0.895. The minimum absolute atomic E-state index is 0.0237. The van der Waals surface area contributed by atoms with E-state index in [1.54, 1.807) is 23.4 Å². The Bertz CT molecular complexity index is 555. The fourth-order valence-corrected chi connectivity index (χ4v) is 3.42. The molecule has 7 heteroatoms. The van der Waals surface area contributed by atoms with Gasteiger partial charge in [0.2, 0.25) is 0 Å². The third-order valence-corrected chi connectivity index (χ3v) is 4.89. The molecule has 3 heterocycles. The molecule has 0 radical (unpaired) electrons. The van der Waals surface area contributed by atoms with Gasteiger partial charge in [0, 0.05) is 44.9 Å². The Morgan fingerprint density at radius 3 is 2.50 bits per heavy atom. The summed E-state index contributed by atoms with van der Waals surface area (Å²) in [5.74, 6) is -0.920. The fourth-order valence-electron chi connectivity index (χ4n) is 3.42. The number of rotatable bonds is 3. The molecule has 0 bridgehead atoms. The Morgan fingerprint density at radius 2 is 2.00 bits per heavy atom. The molecule has 3 rings (SSSR count). The van der Waals surface area contributed by atoms with Crippen LogP contribution in [0.5, 0.6) is 0 Å². The zero-order valence-corrected chi connectivity index (χ0v) is 12.7. The van der Waals surface area contributed by atoms with Crippen molar-refractivity contribution < 1.29 is 19.4 Å². The predicted octanol–water partition coefficient (Wildman–Crippen LogP) is 0.854. The number of nitrogens with zero attached hydrogens (tertiary/aromatic N) is 3. The van der Waals surface area contributed by atoms with Crippen molar-refractivity contribution >= 4 is 11.9 Å². The summed E-state index contributed by atoms with van der Waals surface area (Å²) in [4.78, 5) is 26.1. The molecule has 2 fully saturated rings. The lowest BCUT2D eigenvalue weighted by atomic mass is 9.86. The fraction of sp³-hybridized carbons (Fsp3) is 0.667. The number of likely N-dealkylation sites (tertiary alicyclic amines) is 1. The van der Waals surface area contributed by atoms with Gasteiger partial charge in [-0.1, -0.05) is 0 Å². The van der Waals surface area contributed by atoms with Crippen molar-refractivity contribution in [3.05, 3.63) is 18.5 Å². The highest BCUT2D eigenvalue weighted by Crippen LogP contribution is 2.33. The van der Waals surface area contributed by atoms with E-state index in [1.165, 1.54) is 4.68 Å². The molecule has 1 unspecified atom stereocenters. The molecule has 22 heavy (non-hydrogen) atoms. The van der Waals surface area contributed by atoms with E-state index < -0.39 is 17.1 Å². The first-order valence-corrected chi connectivity index (χ1v) is 7.65. The summed E-state index contributed by atoms with van der Waals surface area (Å²) in [6.07, 6.45) is 5.58. The largest absolute Gasteiger partial charge is 0.479 e. The summed E-state index contributed by atoms with van der Waals surface area (Å²) in [5, 5.41) is 13.8. The lowest BCUT2D eigenvalue weighted by molar-refractivity contribution is -0.159. The van der Waals surface area contributed by atoms with Crippen LogP contribution in [-0.2, 0) is 19.9 Å². The van der Waals surface area contributed by atoms with Crippen molar-refractivity contribution in [2.45, 2.75) is 43.7 Å². The van der Waals surface area contributed by atoms with Crippen molar-refractivity contribution in [2.75, 3.05) is 19.7 Å². The molecule has 1 amide bonds. The number of hydrogen-bond donors (Lipinski definition) is 1. The van der Waals surface area contributed by atoms with Gasteiger partial charge in [-0.25, -0.2) is 4.79 Å². The number of carboxylic acid groups (broad SMARTS) is 1. The van der Waals surface area contributed by atoms with Gasteiger partial charge < -0.3 is 14.7 Å². The number of hydrogen-bond acceptors (Lipinski definition) is 4. The highest BCUT2D eigenvalue weighted by atomic mass is 16.5. The Balaban J connectivity index is 1.74. The maximum absolute atomic E-state index is 12.6. The van der Waals surface area contributed by atoms with Crippen LogP contribution in [-0.4, -0.2) is 57.0 Å². The molecule has 1 aromatic heterocycles. The minimum atomic E-state index is -1.06. The van der Waals surface area contributed by atoms with Crippen LogP contribution >= 0.6 is 0 Å². The summed E-state index contributed by atoms with van der Waals surface area (Å²) in [5.41, 5.74) is -1.80. The van der Waals surface area contributed by atoms with Crippen molar-refractivity contribution in [2.24, 2.45) is 0 Å². The normalized spacial score (nSPS) is 27.8. The minimum Gasteiger partial charge on any atom is -0.479 e. The second kappa shape index (κ2) is 5.39.